The summed E-state index contributed by atoms with van der Waals surface area (Å²) in [5.74, 6) is 0.290. The molecule has 3 rings (SSSR count). The predicted molar refractivity (Wildman–Crippen MR) is 89.8 cm³/mol. The fourth-order valence-corrected chi connectivity index (χ4v) is 3.39. The molecular weight excluding hydrogens is 274 g/mol. The summed E-state index contributed by atoms with van der Waals surface area (Å²) in [6, 6.07) is 10.7. The Morgan fingerprint density at radius 3 is 3.05 bits per heavy atom. The van der Waals surface area contributed by atoms with Gasteiger partial charge in [-0.1, -0.05) is 18.2 Å². The van der Waals surface area contributed by atoms with E-state index in [1.54, 1.807) is 0 Å². The van der Waals surface area contributed by atoms with Crippen LogP contribution >= 0.6 is 0 Å². The SMILES string of the molecule is CNCCCC(=O)N1CCCCC1c1cc2ccccc2[nH]1. The molecule has 1 saturated heterocycles. The third kappa shape index (κ3) is 3.17. The predicted octanol–water partition coefficient (Wildman–Crippen LogP) is 3.22. The fraction of sp³-hybridized carbons (Fsp3) is 0.500. The third-order valence-electron chi connectivity index (χ3n) is 4.55. The Hall–Kier alpha value is -1.81. The molecule has 2 aromatic rings. The zero-order chi connectivity index (χ0) is 15.4. The van der Waals surface area contributed by atoms with Gasteiger partial charge in [0.2, 0.25) is 5.91 Å². The zero-order valence-corrected chi connectivity index (χ0v) is 13.3. The highest BCUT2D eigenvalue weighted by molar-refractivity contribution is 5.81. The van der Waals surface area contributed by atoms with Crippen molar-refractivity contribution in [2.45, 2.75) is 38.1 Å². The van der Waals surface area contributed by atoms with E-state index in [1.165, 1.54) is 17.5 Å². The van der Waals surface area contributed by atoms with Crippen LogP contribution in [0.2, 0.25) is 0 Å². The summed E-state index contributed by atoms with van der Waals surface area (Å²) < 4.78 is 0. The maximum Gasteiger partial charge on any atom is 0.223 e. The Kier molecular flexibility index (Phi) is 4.78. The molecular formula is C18H25N3O. The van der Waals surface area contributed by atoms with Crippen molar-refractivity contribution in [2.75, 3.05) is 20.1 Å². The molecule has 4 heteroatoms. The van der Waals surface area contributed by atoms with Crippen LogP contribution in [0.15, 0.2) is 30.3 Å². The number of amides is 1. The zero-order valence-electron chi connectivity index (χ0n) is 13.3. The molecule has 1 aromatic carbocycles. The number of nitrogens with zero attached hydrogens (tertiary/aromatic N) is 1. The maximum atomic E-state index is 12.6. The van der Waals surface area contributed by atoms with Crippen molar-refractivity contribution >= 4 is 16.8 Å². The number of carbonyl (C=O) groups is 1. The number of nitrogens with one attached hydrogen (secondary N) is 2. The number of piperidine rings is 1. The summed E-state index contributed by atoms with van der Waals surface area (Å²) >= 11 is 0. The van der Waals surface area contributed by atoms with E-state index in [0.29, 0.717) is 12.3 Å². The van der Waals surface area contributed by atoms with Crippen LogP contribution in [-0.4, -0.2) is 35.9 Å². The highest BCUT2D eigenvalue weighted by Gasteiger charge is 2.28. The second-order valence-corrected chi connectivity index (χ2v) is 6.12. The largest absolute Gasteiger partial charge is 0.357 e. The van der Waals surface area contributed by atoms with Crippen LogP contribution in [0.25, 0.3) is 10.9 Å². The van der Waals surface area contributed by atoms with Crippen LogP contribution < -0.4 is 5.32 Å². The molecule has 118 valence electrons. The molecule has 1 atom stereocenters. The minimum Gasteiger partial charge on any atom is -0.357 e. The van der Waals surface area contributed by atoms with Crippen LogP contribution in [0.1, 0.15) is 43.8 Å². The smallest absolute Gasteiger partial charge is 0.223 e. The molecule has 0 bridgehead atoms. The lowest BCUT2D eigenvalue weighted by molar-refractivity contribution is -0.135. The van der Waals surface area contributed by atoms with E-state index >= 15 is 0 Å². The number of hydrogen-bond donors (Lipinski definition) is 2. The van der Waals surface area contributed by atoms with Crippen molar-refractivity contribution in [3.63, 3.8) is 0 Å². The molecule has 0 radical (unpaired) electrons. The van der Waals surface area contributed by atoms with Gasteiger partial charge in [-0.05, 0) is 56.8 Å². The summed E-state index contributed by atoms with van der Waals surface area (Å²) in [4.78, 5) is 18.2. The number of benzene rings is 1. The van der Waals surface area contributed by atoms with Crippen molar-refractivity contribution in [1.82, 2.24) is 15.2 Å². The van der Waals surface area contributed by atoms with Crippen molar-refractivity contribution in [3.05, 3.63) is 36.0 Å². The summed E-state index contributed by atoms with van der Waals surface area (Å²) in [5.41, 5.74) is 2.34. The first-order chi connectivity index (χ1) is 10.8. The fourth-order valence-electron chi connectivity index (χ4n) is 3.39. The standard InChI is InChI=1S/C18H25N3O/c1-19-11-6-10-18(22)21-12-5-4-9-17(21)16-13-14-7-2-3-8-15(14)20-16/h2-3,7-8,13,17,19-20H,4-6,9-12H2,1H3. The minimum absolute atomic E-state index is 0.211. The molecule has 1 unspecified atom stereocenters. The molecule has 1 aromatic heterocycles. The molecule has 2 heterocycles. The van der Waals surface area contributed by atoms with Crippen LogP contribution in [-0.2, 0) is 4.79 Å². The Labute approximate surface area is 131 Å². The van der Waals surface area contributed by atoms with Crippen molar-refractivity contribution in [1.29, 1.82) is 0 Å². The van der Waals surface area contributed by atoms with Crippen molar-refractivity contribution in [2.24, 2.45) is 0 Å². The Morgan fingerprint density at radius 1 is 1.36 bits per heavy atom. The Balaban J connectivity index is 1.78. The van der Waals surface area contributed by atoms with E-state index in [2.05, 4.69) is 39.5 Å². The number of rotatable bonds is 5. The summed E-state index contributed by atoms with van der Waals surface area (Å²) in [5, 5.41) is 4.34. The van der Waals surface area contributed by atoms with Gasteiger partial charge in [-0.15, -0.1) is 0 Å². The monoisotopic (exact) mass is 299 g/mol. The van der Waals surface area contributed by atoms with Crippen molar-refractivity contribution < 1.29 is 4.79 Å². The van der Waals surface area contributed by atoms with Gasteiger partial charge in [0.1, 0.15) is 0 Å². The first kappa shape index (κ1) is 15.1. The highest BCUT2D eigenvalue weighted by atomic mass is 16.2. The summed E-state index contributed by atoms with van der Waals surface area (Å²) in [6.45, 7) is 1.79. The van der Waals surface area contributed by atoms with E-state index in [0.717, 1.165) is 37.9 Å². The van der Waals surface area contributed by atoms with E-state index in [4.69, 9.17) is 0 Å². The number of aromatic nitrogens is 1. The molecule has 1 aliphatic rings. The van der Waals surface area contributed by atoms with Gasteiger partial charge in [-0.3, -0.25) is 4.79 Å². The van der Waals surface area contributed by atoms with Gasteiger partial charge in [0.25, 0.3) is 0 Å². The van der Waals surface area contributed by atoms with Gasteiger partial charge < -0.3 is 15.2 Å². The molecule has 4 nitrogen and oxygen atoms in total. The average molecular weight is 299 g/mol. The van der Waals surface area contributed by atoms with Gasteiger partial charge in [0.05, 0.1) is 6.04 Å². The van der Waals surface area contributed by atoms with E-state index < -0.39 is 0 Å². The molecule has 1 amide bonds. The van der Waals surface area contributed by atoms with E-state index in [1.807, 2.05) is 13.1 Å². The first-order valence-electron chi connectivity index (χ1n) is 8.31. The van der Waals surface area contributed by atoms with Gasteiger partial charge in [0.15, 0.2) is 0 Å². The van der Waals surface area contributed by atoms with Gasteiger partial charge in [0, 0.05) is 24.2 Å². The number of likely N-dealkylation sites (tertiary alicyclic amines) is 1. The second-order valence-electron chi connectivity index (χ2n) is 6.12. The highest BCUT2D eigenvalue weighted by Crippen LogP contribution is 2.32. The minimum atomic E-state index is 0.211. The molecule has 0 aliphatic carbocycles. The number of H-pyrrole nitrogens is 1. The number of fused-ring (bicyclic) bond motifs is 1. The molecule has 22 heavy (non-hydrogen) atoms. The lowest BCUT2D eigenvalue weighted by atomic mass is 9.98. The van der Waals surface area contributed by atoms with Gasteiger partial charge in [-0.25, -0.2) is 0 Å². The molecule has 0 spiro atoms. The van der Waals surface area contributed by atoms with E-state index in [9.17, 15) is 4.79 Å². The number of aromatic amines is 1. The first-order valence-corrected chi connectivity index (χ1v) is 8.31. The lowest BCUT2D eigenvalue weighted by Crippen LogP contribution is -2.38. The number of carbonyl (C=O) groups excluding carboxylic acids is 1. The Morgan fingerprint density at radius 2 is 2.23 bits per heavy atom. The third-order valence-corrected chi connectivity index (χ3v) is 4.55. The molecule has 0 saturated carbocycles. The summed E-state index contributed by atoms with van der Waals surface area (Å²) in [7, 11) is 1.93. The van der Waals surface area contributed by atoms with Crippen LogP contribution in [0, 0.1) is 0 Å². The topological polar surface area (TPSA) is 48.1 Å². The quantitative estimate of drug-likeness (QED) is 0.833. The van der Waals surface area contributed by atoms with Crippen molar-refractivity contribution in [3.8, 4) is 0 Å². The van der Waals surface area contributed by atoms with E-state index in [-0.39, 0.29) is 6.04 Å². The van der Waals surface area contributed by atoms with Crippen LogP contribution in [0.4, 0.5) is 0 Å². The number of hydrogen-bond acceptors (Lipinski definition) is 2. The van der Waals surface area contributed by atoms with Crippen LogP contribution in [0.5, 0.6) is 0 Å². The molecule has 2 N–H and O–H groups in total. The normalized spacial score (nSPS) is 18.8. The molecule has 1 aliphatic heterocycles. The number of para-hydroxylation sites is 1. The van der Waals surface area contributed by atoms with Gasteiger partial charge >= 0.3 is 0 Å². The Bertz CT molecular complexity index is 601. The average Bonchev–Trinajstić information content (AvgIpc) is 2.99. The maximum absolute atomic E-state index is 12.6. The van der Waals surface area contributed by atoms with Crippen LogP contribution in [0.3, 0.4) is 0 Å². The lowest BCUT2D eigenvalue weighted by Gasteiger charge is -2.35. The molecule has 1 fully saturated rings. The summed E-state index contributed by atoms with van der Waals surface area (Å²) in [6.07, 6.45) is 4.92. The van der Waals surface area contributed by atoms with Gasteiger partial charge in [-0.2, -0.15) is 0 Å². The second kappa shape index (κ2) is 6.97.